The molecule has 0 unspecified atom stereocenters. The highest BCUT2D eigenvalue weighted by Crippen LogP contribution is 2.35. The summed E-state index contributed by atoms with van der Waals surface area (Å²) in [5, 5.41) is 2.59. The monoisotopic (exact) mass is 333 g/mol. The van der Waals surface area contributed by atoms with Gasteiger partial charge in [0.05, 0.1) is 10.9 Å². The quantitative estimate of drug-likeness (QED) is 0.582. The van der Waals surface area contributed by atoms with Gasteiger partial charge in [-0.05, 0) is 53.3 Å². The maximum absolute atomic E-state index is 4.35. The summed E-state index contributed by atoms with van der Waals surface area (Å²) in [6, 6.07) is 11.3. The molecule has 0 atom stereocenters. The minimum absolute atomic E-state index is 0.585. The molecule has 1 aromatic carbocycles. The first-order valence-electron chi connectivity index (χ1n) is 9.23. The topological polar surface area (TPSA) is 16.8 Å². The Morgan fingerprint density at radius 1 is 0.960 bits per heavy atom. The van der Waals surface area contributed by atoms with E-state index in [2.05, 4.69) is 87.7 Å². The third-order valence-electron chi connectivity index (χ3n) is 5.28. The number of hydrogen-bond acceptors (Lipinski definition) is 1. The molecule has 0 aliphatic heterocycles. The second-order valence-electron chi connectivity index (χ2n) is 7.83. The van der Waals surface area contributed by atoms with Crippen LogP contribution in [-0.4, -0.2) is 4.98 Å². The fourth-order valence-electron chi connectivity index (χ4n) is 4.19. The van der Waals surface area contributed by atoms with E-state index in [-0.39, 0.29) is 0 Å². The molecule has 2 nitrogen and oxygen atoms in total. The zero-order chi connectivity index (χ0) is 18.1. The standard InChI is InChI=1S/C23H29N2/c1-15(2)22(16(3)4)19-7-8-20-18(13-19)10-12-25(6)23(20)21-14-24-11-9-17(21)5/h7-16,22H,1-6H3/q+1. The second-order valence-corrected chi connectivity index (χ2v) is 7.83. The Balaban J connectivity index is 2.21. The van der Waals surface area contributed by atoms with Crippen molar-refractivity contribution in [3.63, 3.8) is 0 Å². The fraction of sp³-hybridized carbons (Fsp3) is 0.391. The lowest BCUT2D eigenvalue weighted by Gasteiger charge is -2.25. The van der Waals surface area contributed by atoms with Gasteiger partial charge in [-0.3, -0.25) is 4.98 Å². The van der Waals surface area contributed by atoms with Gasteiger partial charge in [0.1, 0.15) is 7.05 Å². The van der Waals surface area contributed by atoms with Gasteiger partial charge in [-0.1, -0.05) is 39.8 Å². The lowest BCUT2D eigenvalue weighted by Crippen LogP contribution is -2.30. The smallest absolute Gasteiger partial charge is 0.221 e. The number of fused-ring (bicyclic) bond motifs is 1. The minimum Gasteiger partial charge on any atom is -0.264 e. The largest absolute Gasteiger partial charge is 0.264 e. The van der Waals surface area contributed by atoms with Gasteiger partial charge in [0.15, 0.2) is 6.20 Å². The van der Waals surface area contributed by atoms with Crippen LogP contribution in [0, 0.1) is 18.8 Å². The molecule has 0 N–H and O–H groups in total. The SMILES string of the molecule is Cc1ccncc1-c1c2ccc(C(C(C)C)C(C)C)cc2cc[n+]1C. The van der Waals surface area contributed by atoms with Crippen LogP contribution in [0.25, 0.3) is 22.0 Å². The van der Waals surface area contributed by atoms with E-state index in [0.29, 0.717) is 17.8 Å². The first-order valence-corrected chi connectivity index (χ1v) is 9.23. The summed E-state index contributed by atoms with van der Waals surface area (Å²) in [4.78, 5) is 4.35. The van der Waals surface area contributed by atoms with Crippen molar-refractivity contribution in [2.75, 3.05) is 0 Å². The van der Waals surface area contributed by atoms with Crippen LogP contribution in [0.15, 0.2) is 48.9 Å². The van der Waals surface area contributed by atoms with Crippen molar-refractivity contribution in [1.29, 1.82) is 0 Å². The highest BCUT2D eigenvalue weighted by Gasteiger charge is 2.22. The summed E-state index contributed by atoms with van der Waals surface area (Å²) in [6.45, 7) is 11.4. The first kappa shape index (κ1) is 17.6. The van der Waals surface area contributed by atoms with Gasteiger partial charge in [-0.2, -0.15) is 0 Å². The molecule has 0 fully saturated rings. The molecule has 0 saturated carbocycles. The number of pyridine rings is 2. The van der Waals surface area contributed by atoms with Crippen molar-refractivity contribution < 1.29 is 4.57 Å². The maximum atomic E-state index is 4.35. The number of nitrogens with zero attached hydrogens (tertiary/aromatic N) is 2. The molecule has 0 aliphatic rings. The zero-order valence-electron chi connectivity index (χ0n) is 16.2. The molecule has 2 heterocycles. The molecule has 2 aromatic heterocycles. The molecule has 0 spiro atoms. The van der Waals surface area contributed by atoms with E-state index in [0.717, 1.165) is 0 Å². The Bertz CT molecular complexity index is 886. The van der Waals surface area contributed by atoms with Crippen LogP contribution in [-0.2, 0) is 7.05 Å². The third-order valence-corrected chi connectivity index (χ3v) is 5.28. The van der Waals surface area contributed by atoms with Crippen molar-refractivity contribution in [3.05, 3.63) is 60.0 Å². The van der Waals surface area contributed by atoms with Crippen molar-refractivity contribution >= 4 is 10.8 Å². The molecule has 0 bridgehead atoms. The summed E-state index contributed by atoms with van der Waals surface area (Å²) >= 11 is 0. The van der Waals surface area contributed by atoms with Gasteiger partial charge in [-0.15, -0.1) is 0 Å². The first-order chi connectivity index (χ1) is 11.9. The lowest BCUT2D eigenvalue weighted by atomic mass is 9.79. The second kappa shape index (κ2) is 6.95. The molecular formula is C23H29N2+. The van der Waals surface area contributed by atoms with Crippen LogP contribution in [0.1, 0.15) is 44.7 Å². The van der Waals surface area contributed by atoms with Gasteiger partial charge >= 0.3 is 0 Å². The highest BCUT2D eigenvalue weighted by molar-refractivity contribution is 5.93. The van der Waals surface area contributed by atoms with Crippen LogP contribution in [0.3, 0.4) is 0 Å². The van der Waals surface area contributed by atoms with Crippen molar-refractivity contribution in [2.24, 2.45) is 18.9 Å². The molecule has 0 aliphatic carbocycles. The molecular weight excluding hydrogens is 304 g/mol. The van der Waals surface area contributed by atoms with Crippen LogP contribution in [0.4, 0.5) is 0 Å². The zero-order valence-corrected chi connectivity index (χ0v) is 16.2. The van der Waals surface area contributed by atoms with Gasteiger partial charge < -0.3 is 0 Å². The average molecular weight is 333 g/mol. The Morgan fingerprint density at radius 3 is 2.32 bits per heavy atom. The van der Waals surface area contributed by atoms with Gasteiger partial charge in [-0.25, -0.2) is 4.57 Å². The Morgan fingerprint density at radius 2 is 1.68 bits per heavy atom. The minimum atomic E-state index is 0.585. The van der Waals surface area contributed by atoms with E-state index in [1.54, 1.807) is 0 Å². The van der Waals surface area contributed by atoms with Crippen LogP contribution in [0.2, 0.25) is 0 Å². The number of benzene rings is 1. The summed E-state index contributed by atoms with van der Waals surface area (Å²) in [7, 11) is 2.11. The van der Waals surface area contributed by atoms with E-state index >= 15 is 0 Å². The van der Waals surface area contributed by atoms with Gasteiger partial charge in [0.2, 0.25) is 5.69 Å². The average Bonchev–Trinajstić information content (AvgIpc) is 2.55. The highest BCUT2D eigenvalue weighted by atomic mass is 14.9. The molecule has 0 saturated heterocycles. The molecule has 3 rings (SSSR count). The van der Waals surface area contributed by atoms with E-state index in [1.807, 2.05) is 12.4 Å². The number of hydrogen-bond donors (Lipinski definition) is 0. The molecule has 25 heavy (non-hydrogen) atoms. The molecule has 0 amide bonds. The van der Waals surface area contributed by atoms with E-state index in [9.17, 15) is 0 Å². The van der Waals surface area contributed by atoms with Gasteiger partial charge in [0, 0.05) is 18.5 Å². The van der Waals surface area contributed by atoms with Crippen molar-refractivity contribution in [1.82, 2.24) is 4.98 Å². The maximum Gasteiger partial charge on any atom is 0.221 e. The van der Waals surface area contributed by atoms with E-state index in [4.69, 9.17) is 0 Å². The predicted octanol–water partition coefficient (Wildman–Crippen LogP) is 5.43. The summed E-state index contributed by atoms with van der Waals surface area (Å²) in [5.74, 6) is 1.86. The molecule has 130 valence electrons. The molecule has 3 aromatic rings. The van der Waals surface area contributed by atoms with E-state index in [1.165, 1.54) is 33.2 Å². The summed E-state index contributed by atoms with van der Waals surface area (Å²) in [5.41, 5.74) is 5.14. The summed E-state index contributed by atoms with van der Waals surface area (Å²) < 4.78 is 2.20. The number of aryl methyl sites for hydroxylation is 2. The van der Waals surface area contributed by atoms with Crippen molar-refractivity contribution in [3.8, 4) is 11.3 Å². The van der Waals surface area contributed by atoms with Crippen LogP contribution < -0.4 is 4.57 Å². The Hall–Kier alpha value is -2.22. The van der Waals surface area contributed by atoms with Crippen LogP contribution >= 0.6 is 0 Å². The molecule has 0 radical (unpaired) electrons. The Labute approximate surface area is 151 Å². The third kappa shape index (κ3) is 3.30. The van der Waals surface area contributed by atoms with E-state index < -0.39 is 0 Å². The molecule has 2 heteroatoms. The predicted molar refractivity (Wildman–Crippen MR) is 106 cm³/mol. The van der Waals surface area contributed by atoms with Crippen molar-refractivity contribution in [2.45, 2.75) is 40.5 Å². The number of rotatable bonds is 4. The summed E-state index contributed by atoms with van der Waals surface area (Å²) in [6.07, 6.45) is 5.99. The lowest BCUT2D eigenvalue weighted by molar-refractivity contribution is -0.659. The number of aromatic nitrogens is 2. The van der Waals surface area contributed by atoms with Gasteiger partial charge in [0.25, 0.3) is 0 Å². The fourth-order valence-corrected chi connectivity index (χ4v) is 4.19. The van der Waals surface area contributed by atoms with Crippen LogP contribution in [0.5, 0.6) is 0 Å². The normalized spacial score (nSPS) is 11.9. The Kier molecular flexibility index (Phi) is 4.89.